The zero-order valence-electron chi connectivity index (χ0n) is 28.5. The fourth-order valence-corrected chi connectivity index (χ4v) is 6.76. The number of hydrogen-bond donors (Lipinski definition) is 1. The molecule has 244 valence electrons. The molecule has 1 aliphatic rings. The number of para-hydroxylation sites is 1. The number of allylic oxidation sites excluding steroid dienone is 5. The van der Waals surface area contributed by atoms with Crippen LogP contribution in [0.3, 0.4) is 0 Å². The highest BCUT2D eigenvalue weighted by molar-refractivity contribution is 5.95. The summed E-state index contributed by atoms with van der Waals surface area (Å²) in [4.78, 5) is 0. The third kappa shape index (κ3) is 6.56. The molecular formula is C49H37NO. The lowest BCUT2D eigenvalue weighted by atomic mass is 9.92. The SMILES string of the molecule is C=C(/C=C\C=C/C)c1cc2c(cc1Nc1ccc(-c3cc(-c4ccccc4)cc(-c4ccccc4)c3)cc1)-c1ccccc1-c1ccccc1O2. The van der Waals surface area contributed by atoms with Crippen molar-refractivity contribution in [3.05, 3.63) is 200 Å². The molecule has 0 bridgehead atoms. The van der Waals surface area contributed by atoms with Crippen molar-refractivity contribution in [3.8, 4) is 67.1 Å². The Balaban J connectivity index is 1.19. The Morgan fingerprint density at radius 2 is 1.02 bits per heavy atom. The predicted molar refractivity (Wildman–Crippen MR) is 216 cm³/mol. The first kappa shape index (κ1) is 31.6. The van der Waals surface area contributed by atoms with E-state index in [9.17, 15) is 0 Å². The largest absolute Gasteiger partial charge is 0.456 e. The minimum atomic E-state index is 0.802. The standard InChI is InChI=1S/C49H37NO/c1-3-4-7-16-34(2)45-33-49-46(43-22-13-12-21-42(43)44-23-14-15-24-48(44)51-49)32-47(45)50-41-27-25-37(26-28-41)40-30-38(35-17-8-5-9-18-35)29-39(31-40)36-19-10-6-11-20-36/h3-33,50H,2H2,1H3/b4-3-,16-7-. The summed E-state index contributed by atoms with van der Waals surface area (Å²) in [5.41, 5.74) is 15.3. The van der Waals surface area contributed by atoms with E-state index in [1.54, 1.807) is 0 Å². The van der Waals surface area contributed by atoms with E-state index in [2.05, 4.69) is 164 Å². The third-order valence-electron chi connectivity index (χ3n) is 9.33. The quantitative estimate of drug-likeness (QED) is 0.165. The van der Waals surface area contributed by atoms with Gasteiger partial charge in [0.1, 0.15) is 11.5 Å². The summed E-state index contributed by atoms with van der Waals surface area (Å²) < 4.78 is 6.65. The van der Waals surface area contributed by atoms with E-state index in [0.29, 0.717) is 0 Å². The molecule has 0 aliphatic carbocycles. The molecule has 51 heavy (non-hydrogen) atoms. The van der Waals surface area contributed by atoms with Crippen molar-refractivity contribution in [2.75, 3.05) is 5.32 Å². The first-order valence-electron chi connectivity index (χ1n) is 17.3. The van der Waals surface area contributed by atoms with Gasteiger partial charge >= 0.3 is 0 Å². The predicted octanol–water partition coefficient (Wildman–Crippen LogP) is 14.0. The topological polar surface area (TPSA) is 21.3 Å². The van der Waals surface area contributed by atoms with Crippen LogP contribution in [0.2, 0.25) is 0 Å². The van der Waals surface area contributed by atoms with Crippen molar-refractivity contribution in [3.63, 3.8) is 0 Å². The van der Waals surface area contributed by atoms with Gasteiger partial charge in [0.05, 0.1) is 0 Å². The lowest BCUT2D eigenvalue weighted by molar-refractivity contribution is 0.487. The number of hydrogen-bond acceptors (Lipinski definition) is 2. The minimum Gasteiger partial charge on any atom is -0.456 e. The number of fused-ring (bicyclic) bond motifs is 5. The summed E-state index contributed by atoms with van der Waals surface area (Å²) in [6.07, 6.45) is 8.08. The third-order valence-corrected chi connectivity index (χ3v) is 9.33. The molecule has 0 atom stereocenters. The lowest BCUT2D eigenvalue weighted by Crippen LogP contribution is -1.98. The summed E-state index contributed by atoms with van der Waals surface area (Å²) in [7, 11) is 0. The Morgan fingerprint density at radius 1 is 0.490 bits per heavy atom. The molecular weight excluding hydrogens is 619 g/mol. The molecule has 1 N–H and O–H groups in total. The molecule has 0 amide bonds. The van der Waals surface area contributed by atoms with Gasteiger partial charge in [0.15, 0.2) is 0 Å². The number of benzene rings is 7. The van der Waals surface area contributed by atoms with Gasteiger partial charge in [-0.2, -0.15) is 0 Å². The van der Waals surface area contributed by atoms with Crippen LogP contribution in [0.5, 0.6) is 11.5 Å². The second-order valence-electron chi connectivity index (χ2n) is 12.7. The Kier molecular flexibility index (Phi) is 8.72. The first-order chi connectivity index (χ1) is 25.1. The average Bonchev–Trinajstić information content (AvgIpc) is 3.33. The zero-order valence-corrected chi connectivity index (χ0v) is 28.5. The van der Waals surface area contributed by atoms with Crippen LogP contribution in [-0.4, -0.2) is 0 Å². The van der Waals surface area contributed by atoms with Crippen LogP contribution in [0, 0.1) is 0 Å². The highest BCUT2D eigenvalue weighted by atomic mass is 16.5. The van der Waals surface area contributed by atoms with Crippen molar-refractivity contribution in [1.29, 1.82) is 0 Å². The summed E-state index contributed by atoms with van der Waals surface area (Å²) in [6, 6.07) is 57.8. The summed E-state index contributed by atoms with van der Waals surface area (Å²) in [5, 5.41) is 3.75. The van der Waals surface area contributed by atoms with Crippen LogP contribution in [-0.2, 0) is 0 Å². The molecule has 0 spiro atoms. The van der Waals surface area contributed by atoms with Crippen molar-refractivity contribution >= 4 is 16.9 Å². The van der Waals surface area contributed by atoms with Gasteiger partial charge in [0.2, 0.25) is 0 Å². The molecule has 8 rings (SSSR count). The molecule has 1 aliphatic heterocycles. The van der Waals surface area contributed by atoms with E-state index in [-0.39, 0.29) is 0 Å². The molecule has 0 radical (unpaired) electrons. The molecule has 0 saturated carbocycles. The van der Waals surface area contributed by atoms with Gasteiger partial charge < -0.3 is 10.1 Å². The van der Waals surface area contributed by atoms with Gasteiger partial charge in [-0.3, -0.25) is 0 Å². The van der Waals surface area contributed by atoms with Crippen LogP contribution in [0.1, 0.15) is 12.5 Å². The minimum absolute atomic E-state index is 0.802. The first-order valence-corrected chi connectivity index (χ1v) is 17.3. The van der Waals surface area contributed by atoms with E-state index < -0.39 is 0 Å². The Bertz CT molecular complexity index is 2360. The Hall–Kier alpha value is -6.64. The van der Waals surface area contributed by atoms with Crippen molar-refractivity contribution in [2.45, 2.75) is 6.92 Å². The Labute approximate surface area is 300 Å². The van der Waals surface area contributed by atoms with Gasteiger partial charge in [0.25, 0.3) is 0 Å². The van der Waals surface area contributed by atoms with Crippen LogP contribution >= 0.6 is 0 Å². The molecule has 7 aromatic carbocycles. The van der Waals surface area contributed by atoms with E-state index in [4.69, 9.17) is 4.74 Å². The maximum atomic E-state index is 6.65. The van der Waals surface area contributed by atoms with Gasteiger partial charge in [0, 0.05) is 28.1 Å². The lowest BCUT2D eigenvalue weighted by Gasteiger charge is -2.18. The number of anilines is 2. The van der Waals surface area contributed by atoms with Crippen molar-refractivity contribution in [2.24, 2.45) is 0 Å². The Morgan fingerprint density at radius 3 is 1.63 bits per heavy atom. The second kappa shape index (κ2) is 14.1. The summed E-state index contributed by atoms with van der Waals surface area (Å²) in [6.45, 7) is 6.47. The monoisotopic (exact) mass is 655 g/mol. The van der Waals surface area contributed by atoms with Crippen molar-refractivity contribution < 1.29 is 4.74 Å². The van der Waals surface area contributed by atoms with E-state index in [1.807, 2.05) is 43.4 Å². The molecule has 0 aromatic heterocycles. The number of ether oxygens (including phenoxy) is 1. The highest BCUT2D eigenvalue weighted by Crippen LogP contribution is 2.49. The molecule has 1 heterocycles. The van der Waals surface area contributed by atoms with Crippen LogP contribution in [0.25, 0.3) is 61.2 Å². The van der Waals surface area contributed by atoms with Gasteiger partial charge in [-0.15, -0.1) is 0 Å². The molecule has 0 unspecified atom stereocenters. The van der Waals surface area contributed by atoms with Gasteiger partial charge in [-0.25, -0.2) is 0 Å². The fourth-order valence-electron chi connectivity index (χ4n) is 6.76. The van der Waals surface area contributed by atoms with E-state index in [0.717, 1.165) is 61.8 Å². The van der Waals surface area contributed by atoms with Crippen LogP contribution < -0.4 is 10.1 Å². The molecule has 2 nitrogen and oxygen atoms in total. The van der Waals surface area contributed by atoms with Gasteiger partial charge in [-0.05, 0) is 106 Å². The normalized spacial score (nSPS) is 11.7. The highest BCUT2D eigenvalue weighted by Gasteiger charge is 2.23. The average molecular weight is 656 g/mol. The molecule has 0 fully saturated rings. The fraction of sp³-hybridized carbons (Fsp3) is 0.0204. The zero-order chi connectivity index (χ0) is 34.6. The maximum Gasteiger partial charge on any atom is 0.136 e. The molecule has 2 heteroatoms. The summed E-state index contributed by atoms with van der Waals surface area (Å²) in [5.74, 6) is 1.64. The molecule has 0 saturated heterocycles. The van der Waals surface area contributed by atoms with Crippen LogP contribution in [0.4, 0.5) is 11.4 Å². The number of nitrogens with one attached hydrogen (secondary N) is 1. The second-order valence-corrected chi connectivity index (χ2v) is 12.7. The number of rotatable bonds is 8. The van der Waals surface area contributed by atoms with E-state index in [1.165, 1.54) is 27.8 Å². The maximum absolute atomic E-state index is 6.65. The smallest absolute Gasteiger partial charge is 0.136 e. The van der Waals surface area contributed by atoms with Gasteiger partial charge in [-0.1, -0.05) is 146 Å². The van der Waals surface area contributed by atoms with E-state index >= 15 is 0 Å². The summed E-state index contributed by atoms with van der Waals surface area (Å²) >= 11 is 0. The van der Waals surface area contributed by atoms with Crippen LogP contribution in [0.15, 0.2) is 195 Å². The molecule has 7 aromatic rings. The van der Waals surface area contributed by atoms with Crippen molar-refractivity contribution in [1.82, 2.24) is 0 Å².